The Labute approximate surface area is 175 Å². The monoisotopic (exact) mass is 414 g/mol. The predicted octanol–water partition coefficient (Wildman–Crippen LogP) is 1.67. The lowest BCUT2D eigenvalue weighted by molar-refractivity contribution is -0.153. The number of imide groups is 1. The van der Waals surface area contributed by atoms with Crippen molar-refractivity contribution < 1.29 is 23.9 Å². The third-order valence-corrected chi connectivity index (χ3v) is 5.42. The largest absolute Gasteiger partial charge is 0.448 e. The molecule has 3 amide bonds. The van der Waals surface area contributed by atoms with Crippen LogP contribution in [0, 0.1) is 25.2 Å². The van der Waals surface area contributed by atoms with E-state index < -0.39 is 24.0 Å². The van der Waals surface area contributed by atoms with Crippen LogP contribution in [0.5, 0.6) is 0 Å². The molecule has 0 spiro atoms. The molecule has 9 nitrogen and oxygen atoms in total. The van der Waals surface area contributed by atoms with Gasteiger partial charge in [-0.05, 0) is 51.3 Å². The zero-order valence-corrected chi connectivity index (χ0v) is 17.4. The number of nitrogens with zero attached hydrogens (tertiary/aromatic N) is 3. The summed E-state index contributed by atoms with van der Waals surface area (Å²) >= 11 is 0. The Hall–Kier alpha value is -3.12. The molecule has 1 aromatic rings. The van der Waals surface area contributed by atoms with Crippen LogP contribution >= 0.6 is 0 Å². The Bertz CT molecular complexity index is 921. The number of carbonyl (C=O) groups is 3. The van der Waals surface area contributed by atoms with Crippen molar-refractivity contribution in [1.29, 1.82) is 5.26 Å². The van der Waals surface area contributed by atoms with Crippen molar-refractivity contribution in [3.8, 4) is 6.07 Å². The first kappa shape index (κ1) is 21.6. The molecular weight excluding hydrogens is 388 g/mol. The van der Waals surface area contributed by atoms with Gasteiger partial charge in [-0.15, -0.1) is 0 Å². The molecule has 30 heavy (non-hydrogen) atoms. The molecule has 0 unspecified atom stereocenters. The quantitative estimate of drug-likeness (QED) is 0.430. The van der Waals surface area contributed by atoms with E-state index >= 15 is 0 Å². The topological polar surface area (TPSA) is 114 Å². The minimum absolute atomic E-state index is 0.168. The minimum atomic E-state index is -1.18. The molecule has 9 heteroatoms. The van der Waals surface area contributed by atoms with Gasteiger partial charge in [-0.3, -0.25) is 9.69 Å². The van der Waals surface area contributed by atoms with E-state index in [1.54, 1.807) is 0 Å². The Morgan fingerprint density at radius 1 is 1.47 bits per heavy atom. The number of ether oxygens (including phenoxy) is 2. The number of hydrogen-bond acceptors (Lipinski definition) is 6. The fourth-order valence-corrected chi connectivity index (χ4v) is 3.71. The summed E-state index contributed by atoms with van der Waals surface area (Å²) < 4.78 is 13.0. The second-order valence-corrected chi connectivity index (χ2v) is 7.51. The molecule has 2 fully saturated rings. The number of carbonyl (C=O) groups excluding carboxylic acids is 3. The number of nitriles is 1. The van der Waals surface area contributed by atoms with E-state index in [2.05, 4.69) is 9.88 Å². The van der Waals surface area contributed by atoms with Gasteiger partial charge in [0.05, 0.1) is 6.10 Å². The van der Waals surface area contributed by atoms with Crippen molar-refractivity contribution in [2.45, 2.75) is 52.4 Å². The smallest absolute Gasteiger partial charge is 0.349 e. The van der Waals surface area contributed by atoms with E-state index in [0.29, 0.717) is 6.54 Å². The number of hydrogen-bond donors (Lipinski definition) is 1. The van der Waals surface area contributed by atoms with Crippen molar-refractivity contribution in [1.82, 2.24) is 14.8 Å². The van der Waals surface area contributed by atoms with Crippen LogP contribution in [-0.4, -0.2) is 59.3 Å². The summed E-state index contributed by atoms with van der Waals surface area (Å²) in [5.41, 5.74) is 2.44. The summed E-state index contributed by atoms with van der Waals surface area (Å²) in [6, 6.07) is 3.24. The summed E-state index contributed by atoms with van der Waals surface area (Å²) in [5.74, 6) is -1.52. The lowest BCUT2D eigenvalue weighted by Gasteiger charge is -2.17. The molecule has 1 aromatic heterocycles. The lowest BCUT2D eigenvalue weighted by atomic mass is 10.1. The Morgan fingerprint density at radius 3 is 2.83 bits per heavy atom. The first-order chi connectivity index (χ1) is 14.3. The molecule has 3 heterocycles. The van der Waals surface area contributed by atoms with Crippen LogP contribution in [0.25, 0.3) is 6.08 Å². The zero-order valence-electron chi connectivity index (χ0n) is 17.4. The van der Waals surface area contributed by atoms with Crippen LogP contribution in [0.4, 0.5) is 4.79 Å². The maximum atomic E-state index is 12.5. The number of esters is 1. The second-order valence-electron chi connectivity index (χ2n) is 7.51. The highest BCUT2D eigenvalue weighted by Gasteiger charge is 2.32. The summed E-state index contributed by atoms with van der Waals surface area (Å²) in [6.45, 7) is 7.35. The van der Waals surface area contributed by atoms with Gasteiger partial charge in [-0.2, -0.15) is 5.26 Å². The number of nitrogens with one attached hydrogen (secondary N) is 1. The van der Waals surface area contributed by atoms with E-state index in [-0.39, 0.29) is 18.2 Å². The van der Waals surface area contributed by atoms with Gasteiger partial charge in [-0.1, -0.05) is 0 Å². The average molecular weight is 414 g/mol. The highest BCUT2D eigenvalue weighted by molar-refractivity contribution is 6.02. The molecule has 0 radical (unpaired) electrons. The van der Waals surface area contributed by atoms with Crippen LogP contribution in [0.3, 0.4) is 0 Å². The summed E-state index contributed by atoms with van der Waals surface area (Å²) in [4.78, 5) is 37.4. The minimum Gasteiger partial charge on any atom is -0.448 e. The normalized spacial score (nSPS) is 20.1. The Kier molecular flexibility index (Phi) is 6.57. The predicted molar refractivity (Wildman–Crippen MR) is 107 cm³/mol. The van der Waals surface area contributed by atoms with Gasteiger partial charge in [0.15, 0.2) is 6.10 Å². The average Bonchev–Trinajstić information content (AvgIpc) is 3.43. The van der Waals surface area contributed by atoms with Gasteiger partial charge < -0.3 is 19.4 Å². The number of aromatic nitrogens is 1. The van der Waals surface area contributed by atoms with E-state index in [0.717, 1.165) is 47.8 Å². The van der Waals surface area contributed by atoms with Crippen molar-refractivity contribution in [3.05, 3.63) is 28.6 Å². The molecular formula is C21H26N4O5. The molecule has 0 bridgehead atoms. The molecule has 0 aromatic carbocycles. The number of aryl methyl sites for hydroxylation is 1. The molecule has 2 aliphatic heterocycles. The van der Waals surface area contributed by atoms with Gasteiger partial charge in [0, 0.05) is 37.6 Å². The molecule has 2 saturated heterocycles. The van der Waals surface area contributed by atoms with Crippen LogP contribution in [-0.2, 0) is 25.6 Å². The van der Waals surface area contributed by atoms with Gasteiger partial charge in [0.25, 0.3) is 5.91 Å². The van der Waals surface area contributed by atoms with E-state index in [1.165, 1.54) is 13.0 Å². The van der Waals surface area contributed by atoms with E-state index in [4.69, 9.17) is 9.47 Å². The number of urea groups is 1. The molecule has 0 aliphatic carbocycles. The fraction of sp³-hybridized carbons (Fsp3) is 0.524. The molecule has 3 rings (SSSR count). The lowest BCUT2D eigenvalue weighted by Crippen LogP contribution is -2.41. The first-order valence-corrected chi connectivity index (χ1v) is 10.0. The number of amides is 3. The van der Waals surface area contributed by atoms with E-state index in [1.807, 2.05) is 26.0 Å². The Balaban J connectivity index is 1.71. The van der Waals surface area contributed by atoms with Crippen molar-refractivity contribution >= 4 is 24.0 Å². The molecule has 0 saturated carbocycles. The third kappa shape index (κ3) is 4.54. The summed E-state index contributed by atoms with van der Waals surface area (Å²) in [5, 5.41) is 12.0. The van der Waals surface area contributed by atoms with Crippen LogP contribution in [0.2, 0.25) is 0 Å². The zero-order chi connectivity index (χ0) is 21.8. The highest BCUT2D eigenvalue weighted by Crippen LogP contribution is 2.22. The SMILES string of the molecule is Cc1cc(/C=C(\C#N)C(=O)O[C@H](C)C(=O)N2CCNC2=O)c(C)n1C[C@@H]1CCCO1. The first-order valence-electron chi connectivity index (χ1n) is 10.0. The standard InChI is InChI=1S/C21H26N4O5/c1-13-9-16(14(2)25(13)12-18-5-4-8-29-18)10-17(11-22)20(27)30-15(3)19(26)24-7-6-23-21(24)28/h9-10,15,18H,4-8,12H2,1-3H3,(H,23,28)/b17-10+/t15-,18+/m1/s1. The van der Waals surface area contributed by atoms with Crippen LogP contribution < -0.4 is 5.32 Å². The van der Waals surface area contributed by atoms with Crippen LogP contribution in [0.1, 0.15) is 36.7 Å². The van der Waals surface area contributed by atoms with Gasteiger partial charge in [-0.25, -0.2) is 9.59 Å². The Morgan fingerprint density at radius 2 is 2.23 bits per heavy atom. The number of rotatable bonds is 6. The molecule has 1 N–H and O–H groups in total. The maximum Gasteiger partial charge on any atom is 0.349 e. The third-order valence-electron chi connectivity index (χ3n) is 5.42. The fourth-order valence-electron chi connectivity index (χ4n) is 3.71. The van der Waals surface area contributed by atoms with Crippen molar-refractivity contribution in [3.63, 3.8) is 0 Å². The van der Waals surface area contributed by atoms with Crippen molar-refractivity contribution in [2.75, 3.05) is 19.7 Å². The van der Waals surface area contributed by atoms with Gasteiger partial charge >= 0.3 is 12.0 Å². The molecule has 2 aliphatic rings. The summed E-state index contributed by atoms with van der Waals surface area (Å²) in [6.07, 6.45) is 2.53. The highest BCUT2D eigenvalue weighted by atomic mass is 16.5. The van der Waals surface area contributed by atoms with Gasteiger partial charge in [0.1, 0.15) is 11.6 Å². The second kappa shape index (κ2) is 9.13. The van der Waals surface area contributed by atoms with Gasteiger partial charge in [0.2, 0.25) is 0 Å². The van der Waals surface area contributed by atoms with Crippen LogP contribution in [0.15, 0.2) is 11.6 Å². The molecule has 2 atom stereocenters. The maximum absolute atomic E-state index is 12.5. The van der Waals surface area contributed by atoms with E-state index in [9.17, 15) is 19.6 Å². The van der Waals surface area contributed by atoms with Crippen molar-refractivity contribution in [2.24, 2.45) is 0 Å². The summed E-state index contributed by atoms with van der Waals surface area (Å²) in [7, 11) is 0. The molecule has 160 valence electrons.